The van der Waals surface area contributed by atoms with Crippen molar-refractivity contribution in [3.63, 3.8) is 0 Å². The van der Waals surface area contributed by atoms with Crippen molar-refractivity contribution in [3.8, 4) is 11.5 Å². The van der Waals surface area contributed by atoms with Crippen LogP contribution < -0.4 is 20.1 Å². The maximum Gasteiger partial charge on any atom is 0.326 e. The monoisotopic (exact) mass is 411 g/mol. The van der Waals surface area contributed by atoms with E-state index in [0.29, 0.717) is 22.7 Å². The average molecular weight is 411 g/mol. The molecule has 2 aromatic rings. The lowest BCUT2D eigenvalue weighted by atomic mass is 9.90. The number of ether oxygens (including phenoxy) is 2. The van der Waals surface area contributed by atoms with E-state index in [0.717, 1.165) is 10.5 Å². The Kier molecular flexibility index (Phi) is 5.69. The highest BCUT2D eigenvalue weighted by Gasteiger charge is 2.51. The van der Waals surface area contributed by atoms with Crippen LogP contribution in [-0.2, 0) is 15.1 Å². The maximum atomic E-state index is 13.2. The molecule has 1 aliphatic rings. The molecule has 0 radical (unpaired) electrons. The van der Waals surface area contributed by atoms with Crippen molar-refractivity contribution in [2.45, 2.75) is 32.4 Å². The van der Waals surface area contributed by atoms with E-state index in [1.54, 1.807) is 56.5 Å². The summed E-state index contributed by atoms with van der Waals surface area (Å²) in [6, 6.07) is 10.5. The van der Waals surface area contributed by atoms with E-state index in [2.05, 4.69) is 10.6 Å². The van der Waals surface area contributed by atoms with E-state index in [1.807, 2.05) is 6.92 Å². The molecule has 8 heteroatoms. The van der Waals surface area contributed by atoms with Gasteiger partial charge in [0.25, 0.3) is 5.91 Å². The number of nitrogens with one attached hydrogen (secondary N) is 2. The van der Waals surface area contributed by atoms with Gasteiger partial charge in [0.2, 0.25) is 5.91 Å². The molecule has 0 aromatic heterocycles. The normalized spacial score (nSPS) is 19.3. The van der Waals surface area contributed by atoms with Crippen LogP contribution in [0.15, 0.2) is 42.5 Å². The minimum atomic E-state index is -1.28. The van der Waals surface area contributed by atoms with Crippen molar-refractivity contribution in [2.24, 2.45) is 0 Å². The molecule has 1 heterocycles. The molecule has 2 unspecified atom stereocenters. The minimum Gasteiger partial charge on any atom is -0.496 e. The molecule has 0 spiro atoms. The number of hydrogen-bond donors (Lipinski definition) is 2. The Morgan fingerprint density at radius 2 is 1.77 bits per heavy atom. The Bertz CT molecular complexity index is 1010. The van der Waals surface area contributed by atoms with Crippen LogP contribution in [0.5, 0.6) is 11.5 Å². The number of carbonyl (C=O) groups is 3. The molecule has 2 atom stereocenters. The molecular weight excluding hydrogens is 386 g/mol. The highest BCUT2D eigenvalue weighted by molar-refractivity contribution is 6.11. The molecule has 0 aliphatic carbocycles. The smallest absolute Gasteiger partial charge is 0.326 e. The molecule has 4 amide bonds. The van der Waals surface area contributed by atoms with Gasteiger partial charge in [-0.05, 0) is 56.2 Å². The zero-order valence-electron chi connectivity index (χ0n) is 17.6. The molecular formula is C22H25N3O5. The molecule has 8 nitrogen and oxygen atoms in total. The summed E-state index contributed by atoms with van der Waals surface area (Å²) in [4.78, 5) is 39.6. The molecule has 1 aliphatic heterocycles. The third kappa shape index (κ3) is 3.56. The van der Waals surface area contributed by atoms with Crippen molar-refractivity contribution >= 4 is 23.5 Å². The quantitative estimate of drug-likeness (QED) is 0.713. The largest absolute Gasteiger partial charge is 0.496 e. The van der Waals surface area contributed by atoms with E-state index in [1.165, 1.54) is 14.0 Å². The average Bonchev–Trinajstić information content (AvgIpc) is 2.96. The fourth-order valence-corrected chi connectivity index (χ4v) is 3.50. The zero-order valence-corrected chi connectivity index (χ0v) is 17.6. The minimum absolute atomic E-state index is 0.456. The van der Waals surface area contributed by atoms with Crippen molar-refractivity contribution in [2.75, 3.05) is 19.5 Å². The standard InChI is InChI=1S/C22H25N3O5/c1-13-12-15(10-11-17(13)29-4)22(3)20(27)25(21(28)24-22)14(2)19(26)23-16-8-6-7-9-18(16)30-5/h6-12,14H,1-5H3,(H,23,26)(H,24,28). The molecule has 3 rings (SSSR count). The van der Waals surface area contributed by atoms with Crippen LogP contribution in [0, 0.1) is 6.92 Å². The van der Waals surface area contributed by atoms with Gasteiger partial charge in [0, 0.05) is 0 Å². The van der Waals surface area contributed by atoms with Gasteiger partial charge in [-0.15, -0.1) is 0 Å². The highest BCUT2D eigenvalue weighted by Crippen LogP contribution is 2.33. The SMILES string of the molecule is COc1ccc(C2(C)NC(=O)N(C(C)C(=O)Nc3ccccc3OC)C2=O)cc1C. The van der Waals surface area contributed by atoms with Gasteiger partial charge in [-0.1, -0.05) is 18.2 Å². The first-order chi connectivity index (χ1) is 14.2. The van der Waals surface area contributed by atoms with Crippen LogP contribution in [-0.4, -0.2) is 43.0 Å². The number of para-hydroxylation sites is 2. The zero-order chi connectivity index (χ0) is 22.1. The first-order valence-electron chi connectivity index (χ1n) is 9.47. The second kappa shape index (κ2) is 8.06. The first kappa shape index (κ1) is 21.2. The van der Waals surface area contributed by atoms with Crippen LogP contribution in [0.4, 0.5) is 10.5 Å². The van der Waals surface area contributed by atoms with E-state index < -0.39 is 29.4 Å². The lowest BCUT2D eigenvalue weighted by Crippen LogP contribution is -2.47. The van der Waals surface area contributed by atoms with E-state index >= 15 is 0 Å². The van der Waals surface area contributed by atoms with E-state index in [4.69, 9.17) is 9.47 Å². The number of rotatable bonds is 6. The molecule has 2 aromatic carbocycles. The summed E-state index contributed by atoms with van der Waals surface area (Å²) in [5.74, 6) is 0.159. The van der Waals surface area contributed by atoms with Gasteiger partial charge < -0.3 is 20.1 Å². The number of imide groups is 1. The predicted molar refractivity (Wildman–Crippen MR) is 112 cm³/mol. The van der Waals surface area contributed by atoms with Gasteiger partial charge in [0.15, 0.2) is 0 Å². The number of benzene rings is 2. The number of methoxy groups -OCH3 is 2. The van der Waals surface area contributed by atoms with Gasteiger partial charge in [-0.2, -0.15) is 0 Å². The van der Waals surface area contributed by atoms with Crippen molar-refractivity contribution in [1.82, 2.24) is 10.2 Å². The number of carbonyl (C=O) groups excluding carboxylic acids is 3. The summed E-state index contributed by atoms with van der Waals surface area (Å²) in [5.41, 5.74) is 0.614. The summed E-state index contributed by atoms with van der Waals surface area (Å²) in [5, 5.41) is 5.44. The number of anilines is 1. The van der Waals surface area contributed by atoms with Gasteiger partial charge in [-0.3, -0.25) is 9.59 Å². The Morgan fingerprint density at radius 1 is 1.10 bits per heavy atom. The van der Waals surface area contributed by atoms with Gasteiger partial charge >= 0.3 is 6.03 Å². The molecule has 2 N–H and O–H groups in total. The maximum absolute atomic E-state index is 13.2. The highest BCUT2D eigenvalue weighted by atomic mass is 16.5. The summed E-state index contributed by atoms with van der Waals surface area (Å²) in [7, 11) is 3.06. The van der Waals surface area contributed by atoms with Crippen LogP contribution in [0.25, 0.3) is 0 Å². The predicted octanol–water partition coefficient (Wildman–Crippen LogP) is 2.81. The van der Waals surface area contributed by atoms with Crippen molar-refractivity contribution in [1.29, 1.82) is 0 Å². The number of nitrogens with zero attached hydrogens (tertiary/aromatic N) is 1. The molecule has 0 bridgehead atoms. The molecule has 0 saturated carbocycles. The van der Waals surface area contributed by atoms with Gasteiger partial charge in [0.1, 0.15) is 23.1 Å². The number of hydrogen-bond acceptors (Lipinski definition) is 5. The van der Waals surface area contributed by atoms with Crippen molar-refractivity contribution in [3.05, 3.63) is 53.6 Å². The van der Waals surface area contributed by atoms with Gasteiger partial charge in [0.05, 0.1) is 19.9 Å². The topological polar surface area (TPSA) is 97.0 Å². The molecule has 30 heavy (non-hydrogen) atoms. The summed E-state index contributed by atoms with van der Waals surface area (Å²) in [6.45, 7) is 4.99. The third-order valence-corrected chi connectivity index (χ3v) is 5.33. The number of aryl methyl sites for hydroxylation is 1. The molecule has 1 saturated heterocycles. The Balaban J connectivity index is 1.84. The van der Waals surface area contributed by atoms with Crippen molar-refractivity contribution < 1.29 is 23.9 Å². The summed E-state index contributed by atoms with van der Waals surface area (Å²) in [6.07, 6.45) is 0. The fraction of sp³-hybridized carbons (Fsp3) is 0.318. The van der Waals surface area contributed by atoms with E-state index in [9.17, 15) is 14.4 Å². The van der Waals surface area contributed by atoms with E-state index in [-0.39, 0.29) is 0 Å². The summed E-state index contributed by atoms with van der Waals surface area (Å²) >= 11 is 0. The molecule has 158 valence electrons. The van der Waals surface area contributed by atoms with Crippen LogP contribution in [0.1, 0.15) is 25.0 Å². The Hall–Kier alpha value is -3.55. The number of urea groups is 1. The second-order valence-electron chi connectivity index (χ2n) is 7.28. The third-order valence-electron chi connectivity index (χ3n) is 5.33. The van der Waals surface area contributed by atoms with Gasteiger partial charge in [-0.25, -0.2) is 9.69 Å². The Morgan fingerprint density at radius 3 is 2.40 bits per heavy atom. The first-order valence-corrected chi connectivity index (χ1v) is 9.47. The lowest BCUT2D eigenvalue weighted by Gasteiger charge is -2.25. The summed E-state index contributed by atoms with van der Waals surface area (Å²) < 4.78 is 10.5. The Labute approximate surface area is 175 Å². The van der Waals surface area contributed by atoms with Crippen LogP contribution in [0.3, 0.4) is 0 Å². The van der Waals surface area contributed by atoms with Crippen LogP contribution >= 0.6 is 0 Å². The fourth-order valence-electron chi connectivity index (χ4n) is 3.50. The number of amides is 4. The second-order valence-corrected chi connectivity index (χ2v) is 7.28. The van der Waals surface area contributed by atoms with Crippen LogP contribution in [0.2, 0.25) is 0 Å². The molecule has 1 fully saturated rings. The lowest BCUT2D eigenvalue weighted by molar-refractivity contribution is -0.136.